The van der Waals surface area contributed by atoms with Gasteiger partial charge in [-0.05, 0) is 17.9 Å². The number of nitrogens with one attached hydrogen (secondary N) is 1. The van der Waals surface area contributed by atoms with Crippen molar-refractivity contribution in [3.63, 3.8) is 0 Å². The van der Waals surface area contributed by atoms with Gasteiger partial charge in [0.1, 0.15) is 11.5 Å². The van der Waals surface area contributed by atoms with Crippen LogP contribution in [0.25, 0.3) is 0 Å². The number of pyridine rings is 1. The highest BCUT2D eigenvalue weighted by molar-refractivity contribution is 7.89. The van der Waals surface area contributed by atoms with Crippen LogP contribution in [0.4, 0.5) is 4.39 Å². The van der Waals surface area contributed by atoms with E-state index < -0.39 is 10.0 Å². The van der Waals surface area contributed by atoms with Crippen molar-refractivity contribution in [3.05, 3.63) is 30.2 Å². The molecule has 1 amide bonds. The minimum absolute atomic E-state index is 0.0251. The van der Waals surface area contributed by atoms with Crippen molar-refractivity contribution < 1.29 is 22.3 Å². The first-order chi connectivity index (χ1) is 12.4. The van der Waals surface area contributed by atoms with Crippen LogP contribution < -0.4 is 15.8 Å². The number of carbonyl (C=O) groups is 1. The van der Waals surface area contributed by atoms with Gasteiger partial charge < -0.3 is 15.8 Å². The van der Waals surface area contributed by atoms with Crippen LogP contribution in [0.15, 0.2) is 35.1 Å². The van der Waals surface area contributed by atoms with E-state index in [2.05, 4.69) is 10.3 Å². The molecule has 26 heavy (non-hydrogen) atoms. The molecule has 2 fully saturated rings. The number of ether oxygens (including phenoxy) is 1. The first kappa shape index (κ1) is 18.7. The third-order valence-electron chi connectivity index (χ3n) is 4.88. The van der Waals surface area contributed by atoms with E-state index in [1.54, 1.807) is 7.05 Å². The maximum absolute atomic E-state index is 12.7. The van der Waals surface area contributed by atoms with E-state index in [0.29, 0.717) is 19.4 Å². The van der Waals surface area contributed by atoms with Crippen molar-refractivity contribution >= 4 is 15.9 Å². The minimum Gasteiger partial charge on any atom is -0.473 e. The van der Waals surface area contributed by atoms with Crippen LogP contribution >= 0.6 is 0 Å². The molecule has 1 saturated carbocycles. The fraction of sp³-hybridized carbons (Fsp3) is 0.500. The van der Waals surface area contributed by atoms with Crippen LogP contribution in [0, 0.1) is 17.8 Å². The lowest BCUT2D eigenvalue weighted by Crippen LogP contribution is -2.34. The Morgan fingerprint density at radius 2 is 2.15 bits per heavy atom. The number of piperidine rings is 1. The largest absolute Gasteiger partial charge is 0.473 e. The Balaban J connectivity index is 1.62. The molecule has 1 aliphatic heterocycles. The average Bonchev–Trinajstić information content (AvgIpc) is 3.15. The number of hydrogen-bond donors (Lipinski definition) is 2. The Morgan fingerprint density at radius 1 is 1.46 bits per heavy atom. The van der Waals surface area contributed by atoms with Crippen LogP contribution in [0.3, 0.4) is 0 Å². The summed E-state index contributed by atoms with van der Waals surface area (Å²) in [5.41, 5.74) is 5.60. The van der Waals surface area contributed by atoms with E-state index in [-0.39, 0.29) is 53.2 Å². The fourth-order valence-electron chi connectivity index (χ4n) is 3.29. The van der Waals surface area contributed by atoms with E-state index in [9.17, 15) is 17.6 Å². The van der Waals surface area contributed by atoms with Gasteiger partial charge in [0.15, 0.2) is 0 Å². The predicted octanol–water partition coefficient (Wildman–Crippen LogP) is -0.115. The molecule has 0 unspecified atom stereocenters. The van der Waals surface area contributed by atoms with Crippen molar-refractivity contribution in [1.82, 2.24) is 14.6 Å². The van der Waals surface area contributed by atoms with E-state index in [4.69, 9.17) is 10.5 Å². The van der Waals surface area contributed by atoms with Gasteiger partial charge in [0.05, 0.1) is 12.5 Å². The molecule has 1 aromatic heterocycles. The molecule has 8 nitrogen and oxygen atoms in total. The molecule has 0 bridgehead atoms. The minimum atomic E-state index is -3.66. The fourth-order valence-corrected chi connectivity index (χ4v) is 4.76. The smallest absolute Gasteiger partial charge is 0.244 e. The van der Waals surface area contributed by atoms with E-state index in [1.807, 2.05) is 0 Å². The summed E-state index contributed by atoms with van der Waals surface area (Å²) >= 11 is 0. The Labute approximate surface area is 151 Å². The summed E-state index contributed by atoms with van der Waals surface area (Å²) < 4.78 is 44.5. The molecule has 1 aromatic rings. The number of aromatic nitrogens is 1. The molecule has 1 aliphatic carbocycles. The molecule has 142 valence electrons. The lowest BCUT2D eigenvalue weighted by Gasteiger charge is -2.19. The molecule has 0 aromatic carbocycles. The zero-order chi connectivity index (χ0) is 18.9. The van der Waals surface area contributed by atoms with E-state index in [1.165, 1.54) is 22.6 Å². The molecule has 0 radical (unpaired) electrons. The predicted molar refractivity (Wildman–Crippen MR) is 91.3 cm³/mol. The van der Waals surface area contributed by atoms with Gasteiger partial charge in [0.25, 0.3) is 0 Å². The number of rotatable bonds is 7. The first-order valence-corrected chi connectivity index (χ1v) is 9.65. The molecular formula is C16H21FN4O4S. The summed E-state index contributed by atoms with van der Waals surface area (Å²) in [5, 5.41) is 2.61. The molecule has 10 heteroatoms. The first-order valence-electron chi connectivity index (χ1n) is 8.21. The SMILES string of the molecule is CNC(=O)[C@H]1[C@@H]2CN(S(=O)(=O)c3ccc(OC/C(=C\F)CN)nc3)C[C@@H]21. The second kappa shape index (κ2) is 7.29. The number of sulfonamides is 1. The summed E-state index contributed by atoms with van der Waals surface area (Å²) in [7, 11) is -2.08. The maximum Gasteiger partial charge on any atom is 0.244 e. The number of carbonyl (C=O) groups excluding carboxylic acids is 1. The molecule has 3 atom stereocenters. The van der Waals surface area contributed by atoms with Crippen LogP contribution in [-0.4, -0.2) is 56.9 Å². The summed E-state index contributed by atoms with van der Waals surface area (Å²) in [6.45, 7) is 0.648. The molecular weight excluding hydrogens is 363 g/mol. The lowest BCUT2D eigenvalue weighted by atomic mass is 10.2. The van der Waals surface area contributed by atoms with Gasteiger partial charge in [-0.2, -0.15) is 4.31 Å². The number of nitrogens with zero attached hydrogens (tertiary/aromatic N) is 2. The van der Waals surface area contributed by atoms with Gasteiger partial charge in [-0.3, -0.25) is 4.79 Å². The standard InChI is InChI=1S/C16H21FN4O4S/c1-19-16(22)15-12-7-21(8-13(12)15)26(23,24)11-2-3-14(20-6-11)25-9-10(4-17)5-18/h2-4,6,12-13,15H,5,7-9,18H2,1H3,(H,19,22)/b10-4-/t12-,13+,15+. The number of hydrogen-bond acceptors (Lipinski definition) is 6. The van der Waals surface area contributed by atoms with Gasteiger partial charge in [-0.15, -0.1) is 0 Å². The second-order valence-corrected chi connectivity index (χ2v) is 8.32. The monoisotopic (exact) mass is 384 g/mol. The van der Waals surface area contributed by atoms with Crippen molar-refractivity contribution in [2.45, 2.75) is 4.90 Å². The third kappa shape index (κ3) is 3.44. The second-order valence-electron chi connectivity index (χ2n) is 6.38. The summed E-state index contributed by atoms with van der Waals surface area (Å²) in [5.74, 6) is 0.241. The van der Waals surface area contributed by atoms with Gasteiger partial charge in [-0.1, -0.05) is 0 Å². The summed E-state index contributed by atoms with van der Waals surface area (Å²) in [6.07, 6.45) is 1.59. The van der Waals surface area contributed by atoms with Crippen molar-refractivity contribution in [1.29, 1.82) is 0 Å². The zero-order valence-electron chi connectivity index (χ0n) is 14.3. The molecule has 2 aliphatic rings. The zero-order valence-corrected chi connectivity index (χ0v) is 15.1. The highest BCUT2D eigenvalue weighted by Crippen LogP contribution is 2.52. The van der Waals surface area contributed by atoms with Crippen molar-refractivity contribution in [3.8, 4) is 5.88 Å². The number of nitrogens with two attached hydrogens (primary N) is 1. The van der Waals surface area contributed by atoms with Gasteiger partial charge in [-0.25, -0.2) is 17.8 Å². The molecule has 0 spiro atoms. The van der Waals surface area contributed by atoms with Gasteiger partial charge >= 0.3 is 0 Å². The Kier molecular flexibility index (Phi) is 5.26. The van der Waals surface area contributed by atoms with E-state index >= 15 is 0 Å². The molecule has 3 rings (SSSR count). The van der Waals surface area contributed by atoms with Gasteiger partial charge in [0.2, 0.25) is 21.8 Å². The lowest BCUT2D eigenvalue weighted by molar-refractivity contribution is -0.122. The number of amides is 1. The highest BCUT2D eigenvalue weighted by Gasteiger charge is 2.61. The van der Waals surface area contributed by atoms with Crippen LogP contribution in [0.2, 0.25) is 0 Å². The normalized spacial score (nSPS) is 25.7. The Morgan fingerprint density at radius 3 is 2.65 bits per heavy atom. The Bertz CT molecular complexity index is 800. The van der Waals surface area contributed by atoms with Gasteiger partial charge in [0, 0.05) is 44.2 Å². The number of fused-ring (bicyclic) bond motifs is 1. The quantitative estimate of drug-likeness (QED) is 0.678. The maximum atomic E-state index is 12.7. The van der Waals surface area contributed by atoms with Crippen molar-refractivity contribution in [2.24, 2.45) is 23.5 Å². The third-order valence-corrected chi connectivity index (χ3v) is 6.69. The van der Waals surface area contributed by atoms with Crippen LogP contribution in [-0.2, 0) is 14.8 Å². The van der Waals surface area contributed by atoms with Crippen LogP contribution in [0.5, 0.6) is 5.88 Å². The molecule has 3 N–H and O–H groups in total. The average molecular weight is 384 g/mol. The summed E-state index contributed by atoms with van der Waals surface area (Å²) in [4.78, 5) is 15.7. The molecule has 2 heterocycles. The number of halogens is 1. The Hall–Kier alpha value is -2.04. The highest BCUT2D eigenvalue weighted by atomic mass is 32.2. The van der Waals surface area contributed by atoms with E-state index in [0.717, 1.165) is 0 Å². The topological polar surface area (TPSA) is 115 Å². The van der Waals surface area contributed by atoms with Crippen molar-refractivity contribution in [2.75, 3.05) is 33.3 Å². The summed E-state index contributed by atoms with van der Waals surface area (Å²) in [6, 6.07) is 2.82. The van der Waals surface area contributed by atoms with Crippen LogP contribution in [0.1, 0.15) is 0 Å². The molecule has 1 saturated heterocycles.